The summed E-state index contributed by atoms with van der Waals surface area (Å²) in [5, 5.41) is 3.36. The van der Waals surface area contributed by atoms with E-state index in [1.807, 2.05) is 55.5 Å². The van der Waals surface area contributed by atoms with Gasteiger partial charge in [0.15, 0.2) is 0 Å². The summed E-state index contributed by atoms with van der Waals surface area (Å²) in [6, 6.07) is 24.2. The van der Waals surface area contributed by atoms with Gasteiger partial charge in [-0.1, -0.05) is 0 Å². The van der Waals surface area contributed by atoms with Crippen LogP contribution in [0.1, 0.15) is 19.0 Å². The number of carbonyl (C=O) groups is 1. The molecule has 168 valence electrons. The summed E-state index contributed by atoms with van der Waals surface area (Å²) in [6.07, 6.45) is 4.46. The molecule has 0 fully saturated rings. The van der Waals surface area contributed by atoms with Gasteiger partial charge in [-0.3, -0.25) is 9.78 Å². The van der Waals surface area contributed by atoms with Crippen LogP contribution in [-0.4, -0.2) is 29.2 Å². The van der Waals surface area contributed by atoms with Gasteiger partial charge in [-0.2, -0.15) is 0 Å². The van der Waals surface area contributed by atoms with Crippen LogP contribution >= 0.6 is 0 Å². The van der Waals surface area contributed by atoms with Crippen molar-refractivity contribution in [2.24, 2.45) is 0 Å². The first-order chi connectivity index (χ1) is 16.2. The first-order valence-corrected chi connectivity index (χ1v) is 11.0. The van der Waals surface area contributed by atoms with Gasteiger partial charge < -0.3 is 19.4 Å². The Labute approximate surface area is 193 Å². The molecule has 6 nitrogen and oxygen atoms in total. The van der Waals surface area contributed by atoms with Gasteiger partial charge in [-0.25, -0.2) is 0 Å². The summed E-state index contributed by atoms with van der Waals surface area (Å²) in [4.78, 5) is 16.1. The van der Waals surface area contributed by atoms with Crippen molar-refractivity contribution >= 4 is 17.3 Å². The Hall–Kier alpha value is -4.06. The number of nitrogens with one attached hydrogen (secondary N) is 1. The van der Waals surface area contributed by atoms with Gasteiger partial charge in [0.05, 0.1) is 37.7 Å². The number of nitrogens with zero attached hydrogens (tertiary/aromatic N) is 2. The molecule has 0 amide bonds. The maximum Gasteiger partial charge on any atom is 0.306 e. The van der Waals surface area contributed by atoms with E-state index in [2.05, 4.69) is 39.1 Å². The lowest BCUT2D eigenvalue weighted by atomic mass is 10.1. The third-order valence-corrected chi connectivity index (χ3v) is 5.31. The zero-order valence-electron chi connectivity index (χ0n) is 18.8. The van der Waals surface area contributed by atoms with Crippen LogP contribution < -0.4 is 10.1 Å². The molecule has 0 aliphatic rings. The van der Waals surface area contributed by atoms with E-state index in [9.17, 15) is 4.79 Å². The highest BCUT2D eigenvalue weighted by Gasteiger charge is 2.14. The van der Waals surface area contributed by atoms with Crippen molar-refractivity contribution in [3.8, 4) is 22.7 Å². The molecular weight excluding hydrogens is 414 g/mol. The molecule has 2 aromatic heterocycles. The van der Waals surface area contributed by atoms with Gasteiger partial charge in [0, 0.05) is 23.3 Å². The minimum absolute atomic E-state index is 0.188. The number of anilines is 2. The Balaban J connectivity index is 1.66. The Bertz CT molecular complexity index is 1180. The van der Waals surface area contributed by atoms with E-state index < -0.39 is 0 Å². The molecule has 4 aromatic rings. The standard InChI is InChI=1S/C27H27N3O3/c1-3-33-27(31)17-13-24-12-16-26(20-6-14-25(32-2)15-7-20)30(24)23-10-8-21(9-11-23)29-22-5-4-18-28-19-22/h4-12,14-16,18-19,29H,3,13,17H2,1-2H3. The van der Waals surface area contributed by atoms with Crippen molar-refractivity contribution in [3.05, 3.63) is 90.9 Å². The number of esters is 1. The highest BCUT2D eigenvalue weighted by molar-refractivity contribution is 5.70. The average molecular weight is 442 g/mol. The fourth-order valence-electron chi connectivity index (χ4n) is 3.73. The van der Waals surface area contributed by atoms with E-state index >= 15 is 0 Å². The van der Waals surface area contributed by atoms with Crippen molar-refractivity contribution in [1.82, 2.24) is 9.55 Å². The molecule has 0 aliphatic carbocycles. The number of pyridine rings is 1. The van der Waals surface area contributed by atoms with Gasteiger partial charge in [-0.15, -0.1) is 0 Å². The van der Waals surface area contributed by atoms with Crippen molar-refractivity contribution in [1.29, 1.82) is 0 Å². The predicted molar refractivity (Wildman–Crippen MR) is 130 cm³/mol. The maximum absolute atomic E-state index is 12.0. The molecule has 0 radical (unpaired) electrons. The van der Waals surface area contributed by atoms with Crippen LogP contribution in [0.15, 0.2) is 85.2 Å². The van der Waals surface area contributed by atoms with Gasteiger partial charge in [0.1, 0.15) is 5.75 Å². The molecular formula is C27H27N3O3. The minimum Gasteiger partial charge on any atom is -0.497 e. The summed E-state index contributed by atoms with van der Waals surface area (Å²) in [6.45, 7) is 2.21. The van der Waals surface area contributed by atoms with Crippen molar-refractivity contribution in [2.75, 3.05) is 19.0 Å². The molecule has 0 unspecified atom stereocenters. The Morgan fingerprint density at radius 3 is 2.42 bits per heavy atom. The monoisotopic (exact) mass is 441 g/mol. The number of benzene rings is 2. The topological polar surface area (TPSA) is 65.4 Å². The fourth-order valence-corrected chi connectivity index (χ4v) is 3.73. The lowest BCUT2D eigenvalue weighted by Crippen LogP contribution is -2.08. The maximum atomic E-state index is 12.0. The third-order valence-electron chi connectivity index (χ3n) is 5.31. The van der Waals surface area contributed by atoms with Crippen LogP contribution in [0.25, 0.3) is 16.9 Å². The first kappa shape index (κ1) is 22.1. The van der Waals surface area contributed by atoms with Crippen LogP contribution in [0, 0.1) is 0 Å². The van der Waals surface area contributed by atoms with Gasteiger partial charge >= 0.3 is 5.97 Å². The Morgan fingerprint density at radius 2 is 1.76 bits per heavy atom. The fraction of sp³-hybridized carbons (Fsp3) is 0.185. The number of aryl methyl sites for hydroxylation is 1. The van der Waals surface area contributed by atoms with E-state index in [1.165, 1.54) is 0 Å². The largest absolute Gasteiger partial charge is 0.497 e. The summed E-state index contributed by atoms with van der Waals surface area (Å²) in [5.74, 6) is 0.623. The van der Waals surface area contributed by atoms with Crippen molar-refractivity contribution in [3.63, 3.8) is 0 Å². The van der Waals surface area contributed by atoms with Gasteiger partial charge in [0.2, 0.25) is 0 Å². The van der Waals surface area contributed by atoms with E-state index in [-0.39, 0.29) is 5.97 Å². The third kappa shape index (κ3) is 5.41. The summed E-state index contributed by atoms with van der Waals surface area (Å²) >= 11 is 0. The zero-order valence-corrected chi connectivity index (χ0v) is 18.8. The van der Waals surface area contributed by atoms with Crippen LogP contribution in [0.4, 0.5) is 11.4 Å². The van der Waals surface area contributed by atoms with Crippen molar-refractivity contribution in [2.45, 2.75) is 19.8 Å². The Morgan fingerprint density at radius 1 is 0.970 bits per heavy atom. The zero-order chi connectivity index (χ0) is 23.0. The van der Waals surface area contributed by atoms with E-state index in [1.54, 1.807) is 19.5 Å². The van der Waals surface area contributed by atoms with E-state index in [0.29, 0.717) is 19.4 Å². The van der Waals surface area contributed by atoms with E-state index in [0.717, 1.165) is 39.8 Å². The van der Waals surface area contributed by atoms with Crippen LogP contribution in [-0.2, 0) is 16.0 Å². The number of ether oxygens (including phenoxy) is 2. The average Bonchev–Trinajstić information content (AvgIpc) is 3.28. The van der Waals surface area contributed by atoms with Gasteiger partial charge in [-0.05, 0) is 91.7 Å². The second-order valence-electron chi connectivity index (χ2n) is 7.49. The molecule has 6 heteroatoms. The molecule has 1 N–H and O–H groups in total. The molecule has 0 saturated carbocycles. The number of carbonyl (C=O) groups excluding carboxylic acids is 1. The first-order valence-electron chi connectivity index (χ1n) is 11.0. The number of methoxy groups -OCH3 is 1. The number of rotatable bonds is 9. The second kappa shape index (κ2) is 10.5. The molecule has 0 saturated heterocycles. The lowest BCUT2D eigenvalue weighted by Gasteiger charge is -2.15. The number of hydrogen-bond donors (Lipinski definition) is 1. The quantitative estimate of drug-likeness (QED) is 0.333. The van der Waals surface area contributed by atoms with E-state index in [4.69, 9.17) is 9.47 Å². The number of hydrogen-bond acceptors (Lipinski definition) is 5. The summed E-state index contributed by atoms with van der Waals surface area (Å²) < 4.78 is 12.6. The molecule has 0 spiro atoms. The van der Waals surface area contributed by atoms with Crippen LogP contribution in [0.2, 0.25) is 0 Å². The van der Waals surface area contributed by atoms with Crippen LogP contribution in [0.3, 0.4) is 0 Å². The number of aromatic nitrogens is 2. The summed E-state index contributed by atoms with van der Waals surface area (Å²) in [7, 11) is 1.66. The highest BCUT2D eigenvalue weighted by atomic mass is 16.5. The SMILES string of the molecule is CCOC(=O)CCc1ccc(-c2ccc(OC)cc2)n1-c1ccc(Nc2cccnc2)cc1. The molecule has 33 heavy (non-hydrogen) atoms. The highest BCUT2D eigenvalue weighted by Crippen LogP contribution is 2.30. The Kier molecular flexibility index (Phi) is 7.05. The van der Waals surface area contributed by atoms with Crippen molar-refractivity contribution < 1.29 is 14.3 Å². The molecule has 0 bridgehead atoms. The lowest BCUT2D eigenvalue weighted by molar-refractivity contribution is -0.143. The normalized spacial score (nSPS) is 10.6. The molecule has 2 heterocycles. The molecule has 0 aliphatic heterocycles. The van der Waals surface area contributed by atoms with Gasteiger partial charge in [0.25, 0.3) is 0 Å². The van der Waals surface area contributed by atoms with Crippen LogP contribution in [0.5, 0.6) is 5.75 Å². The second-order valence-corrected chi connectivity index (χ2v) is 7.49. The smallest absolute Gasteiger partial charge is 0.306 e. The molecule has 0 atom stereocenters. The molecule has 4 rings (SSSR count). The minimum atomic E-state index is -0.188. The summed E-state index contributed by atoms with van der Waals surface area (Å²) in [5.41, 5.74) is 6.07. The predicted octanol–water partition coefficient (Wildman–Crippen LogP) is 5.79. The molecule has 2 aromatic carbocycles.